The van der Waals surface area contributed by atoms with Crippen molar-refractivity contribution in [3.63, 3.8) is 0 Å². The molecule has 0 atom stereocenters. The molecular weight excluding hydrogens is 251 g/mol. The summed E-state index contributed by atoms with van der Waals surface area (Å²) in [5, 5.41) is 3.34. The molecule has 0 aliphatic rings. The summed E-state index contributed by atoms with van der Waals surface area (Å²) < 4.78 is 38.1. The molecule has 0 aliphatic carbocycles. The van der Waals surface area contributed by atoms with Crippen molar-refractivity contribution >= 4 is 0 Å². The average molecular weight is 273 g/mol. The molecule has 0 aromatic heterocycles. The van der Waals surface area contributed by atoms with Gasteiger partial charge in [-0.05, 0) is 32.4 Å². The molecule has 0 unspecified atom stereocenters. The molecule has 108 valence electrons. The van der Waals surface area contributed by atoms with Crippen molar-refractivity contribution in [3.8, 4) is 0 Å². The van der Waals surface area contributed by atoms with Gasteiger partial charge in [-0.2, -0.15) is 13.2 Å². The Hall–Kier alpha value is -1.03. The molecular formula is C15H22F3N. The van der Waals surface area contributed by atoms with Crippen LogP contribution in [-0.4, -0.2) is 12.1 Å². The van der Waals surface area contributed by atoms with E-state index in [1.807, 2.05) is 34.6 Å². The summed E-state index contributed by atoms with van der Waals surface area (Å²) in [5.41, 5.74) is -0.305. The van der Waals surface area contributed by atoms with E-state index in [1.54, 1.807) is 6.07 Å². The fourth-order valence-corrected chi connectivity index (χ4v) is 1.70. The lowest BCUT2D eigenvalue weighted by atomic mass is 9.83. The van der Waals surface area contributed by atoms with Crippen molar-refractivity contribution in [2.45, 2.75) is 51.7 Å². The van der Waals surface area contributed by atoms with Gasteiger partial charge in [-0.15, -0.1) is 0 Å². The minimum absolute atomic E-state index is 0.0566. The molecule has 0 spiro atoms. The lowest BCUT2D eigenvalue weighted by Crippen LogP contribution is -2.43. The number of halogens is 3. The van der Waals surface area contributed by atoms with Gasteiger partial charge >= 0.3 is 6.18 Å². The van der Waals surface area contributed by atoms with E-state index in [0.717, 1.165) is 6.07 Å². The van der Waals surface area contributed by atoms with Crippen molar-refractivity contribution < 1.29 is 13.2 Å². The smallest absolute Gasteiger partial charge is 0.311 e. The maximum Gasteiger partial charge on any atom is 0.416 e. The van der Waals surface area contributed by atoms with Gasteiger partial charge in [-0.1, -0.05) is 32.0 Å². The van der Waals surface area contributed by atoms with Crippen LogP contribution in [0.2, 0.25) is 0 Å². The lowest BCUT2D eigenvalue weighted by Gasteiger charge is -2.31. The molecule has 0 saturated heterocycles. The van der Waals surface area contributed by atoms with Gasteiger partial charge in [-0.25, -0.2) is 0 Å². The van der Waals surface area contributed by atoms with Crippen molar-refractivity contribution in [2.75, 3.05) is 6.54 Å². The van der Waals surface area contributed by atoms with Crippen LogP contribution < -0.4 is 5.32 Å². The van der Waals surface area contributed by atoms with Gasteiger partial charge < -0.3 is 5.32 Å². The van der Waals surface area contributed by atoms with Crippen molar-refractivity contribution in [1.29, 1.82) is 0 Å². The first-order valence-electron chi connectivity index (χ1n) is 6.35. The van der Waals surface area contributed by atoms with E-state index in [9.17, 15) is 13.2 Å². The highest BCUT2D eigenvalue weighted by atomic mass is 19.4. The van der Waals surface area contributed by atoms with Crippen LogP contribution in [0, 0.1) is 0 Å². The SMILES string of the molecule is CC(C)(C)NCC(C)(C)c1cccc(C(F)(F)F)c1. The highest BCUT2D eigenvalue weighted by Gasteiger charge is 2.32. The minimum atomic E-state index is -4.29. The maximum atomic E-state index is 12.7. The van der Waals surface area contributed by atoms with Gasteiger partial charge in [0.2, 0.25) is 0 Å². The molecule has 0 heterocycles. The molecule has 1 rings (SSSR count). The van der Waals surface area contributed by atoms with Gasteiger partial charge in [0.05, 0.1) is 5.56 Å². The summed E-state index contributed by atoms with van der Waals surface area (Å²) in [5.74, 6) is 0. The Kier molecular flexibility index (Phi) is 4.35. The van der Waals surface area contributed by atoms with E-state index in [-0.39, 0.29) is 11.0 Å². The standard InChI is InChI=1S/C15H22F3N/c1-13(2,3)19-10-14(4,5)11-7-6-8-12(9-11)15(16,17)18/h6-9,19H,10H2,1-5H3. The third-order valence-corrected chi connectivity index (χ3v) is 3.03. The van der Waals surface area contributed by atoms with Crippen LogP contribution in [-0.2, 0) is 11.6 Å². The zero-order valence-electron chi connectivity index (χ0n) is 12.2. The maximum absolute atomic E-state index is 12.7. The Morgan fingerprint density at radius 3 is 1.95 bits per heavy atom. The van der Waals surface area contributed by atoms with Crippen LogP contribution in [0.1, 0.15) is 45.7 Å². The topological polar surface area (TPSA) is 12.0 Å². The monoisotopic (exact) mass is 273 g/mol. The quantitative estimate of drug-likeness (QED) is 0.862. The summed E-state index contributed by atoms with van der Waals surface area (Å²) >= 11 is 0. The largest absolute Gasteiger partial charge is 0.416 e. The van der Waals surface area contributed by atoms with Crippen LogP contribution in [0.25, 0.3) is 0 Å². The molecule has 0 fully saturated rings. The highest BCUT2D eigenvalue weighted by molar-refractivity contribution is 5.31. The van der Waals surface area contributed by atoms with Crippen molar-refractivity contribution in [1.82, 2.24) is 5.32 Å². The van der Waals surface area contributed by atoms with Crippen LogP contribution >= 0.6 is 0 Å². The second-order valence-electron chi connectivity index (χ2n) is 6.57. The second kappa shape index (κ2) is 5.16. The van der Waals surface area contributed by atoms with E-state index >= 15 is 0 Å². The Morgan fingerprint density at radius 1 is 0.947 bits per heavy atom. The normalized spacial score (nSPS) is 13.7. The van der Waals surface area contributed by atoms with Crippen LogP contribution in [0.15, 0.2) is 24.3 Å². The third kappa shape index (κ3) is 4.86. The average Bonchev–Trinajstić information content (AvgIpc) is 2.25. The van der Waals surface area contributed by atoms with Gasteiger partial charge in [-0.3, -0.25) is 0 Å². The Bertz CT molecular complexity index is 428. The number of hydrogen-bond acceptors (Lipinski definition) is 1. The molecule has 0 amide bonds. The first-order valence-corrected chi connectivity index (χ1v) is 6.35. The molecule has 19 heavy (non-hydrogen) atoms. The first-order chi connectivity index (χ1) is 8.42. The molecule has 0 bridgehead atoms. The van der Waals surface area contributed by atoms with E-state index in [1.165, 1.54) is 12.1 Å². The predicted molar refractivity (Wildman–Crippen MR) is 72.2 cm³/mol. The van der Waals surface area contributed by atoms with E-state index in [2.05, 4.69) is 5.32 Å². The minimum Gasteiger partial charge on any atom is -0.311 e. The molecule has 1 N–H and O–H groups in total. The summed E-state index contributed by atoms with van der Waals surface area (Å²) in [7, 11) is 0. The number of benzene rings is 1. The highest BCUT2D eigenvalue weighted by Crippen LogP contribution is 2.32. The molecule has 0 aliphatic heterocycles. The molecule has 1 nitrogen and oxygen atoms in total. The summed E-state index contributed by atoms with van der Waals surface area (Å²) in [6, 6.07) is 5.57. The van der Waals surface area contributed by atoms with Gasteiger partial charge in [0.15, 0.2) is 0 Å². The zero-order valence-corrected chi connectivity index (χ0v) is 12.2. The van der Waals surface area contributed by atoms with Crippen LogP contribution in [0.3, 0.4) is 0 Å². The molecule has 1 aromatic rings. The van der Waals surface area contributed by atoms with E-state index < -0.39 is 11.7 Å². The summed E-state index contributed by atoms with van der Waals surface area (Å²) in [4.78, 5) is 0. The van der Waals surface area contributed by atoms with Crippen molar-refractivity contribution in [3.05, 3.63) is 35.4 Å². The number of rotatable bonds is 3. The van der Waals surface area contributed by atoms with E-state index in [0.29, 0.717) is 12.1 Å². The van der Waals surface area contributed by atoms with E-state index in [4.69, 9.17) is 0 Å². The molecule has 0 saturated carbocycles. The number of hydrogen-bond donors (Lipinski definition) is 1. The predicted octanol–water partition coefficient (Wildman–Crippen LogP) is 4.37. The second-order valence-corrected chi connectivity index (χ2v) is 6.57. The van der Waals surface area contributed by atoms with Crippen LogP contribution in [0.4, 0.5) is 13.2 Å². The fourth-order valence-electron chi connectivity index (χ4n) is 1.70. The Morgan fingerprint density at radius 2 is 1.47 bits per heavy atom. The zero-order chi connectivity index (χ0) is 14.9. The molecule has 1 aromatic carbocycles. The fraction of sp³-hybridized carbons (Fsp3) is 0.600. The lowest BCUT2D eigenvalue weighted by molar-refractivity contribution is -0.137. The number of nitrogens with one attached hydrogen (secondary N) is 1. The summed E-state index contributed by atoms with van der Waals surface area (Å²) in [6.45, 7) is 10.6. The molecule has 0 radical (unpaired) electrons. The Balaban J connectivity index is 2.95. The number of alkyl halides is 3. The van der Waals surface area contributed by atoms with Gasteiger partial charge in [0.25, 0.3) is 0 Å². The van der Waals surface area contributed by atoms with Gasteiger partial charge in [0.1, 0.15) is 0 Å². The summed E-state index contributed by atoms with van der Waals surface area (Å²) in [6.07, 6.45) is -4.29. The molecule has 4 heteroatoms. The van der Waals surface area contributed by atoms with Gasteiger partial charge in [0, 0.05) is 17.5 Å². The van der Waals surface area contributed by atoms with Crippen molar-refractivity contribution in [2.24, 2.45) is 0 Å². The first kappa shape index (κ1) is 16.0. The third-order valence-electron chi connectivity index (χ3n) is 3.03. The Labute approximate surface area is 113 Å². The van der Waals surface area contributed by atoms with Crippen LogP contribution in [0.5, 0.6) is 0 Å².